The van der Waals surface area contributed by atoms with E-state index in [2.05, 4.69) is 25.0 Å². The zero-order chi connectivity index (χ0) is 19.4. The first kappa shape index (κ1) is 19.0. The average Bonchev–Trinajstić information content (AvgIpc) is 2.98. The topological polar surface area (TPSA) is 102 Å². The van der Waals surface area contributed by atoms with Gasteiger partial charge in [0.05, 0.1) is 10.6 Å². The maximum absolute atomic E-state index is 12.2. The molecule has 0 saturated carbocycles. The van der Waals surface area contributed by atoms with Crippen molar-refractivity contribution in [1.82, 2.24) is 24.2 Å². The van der Waals surface area contributed by atoms with Gasteiger partial charge in [-0.1, -0.05) is 18.2 Å². The van der Waals surface area contributed by atoms with Gasteiger partial charge >= 0.3 is 0 Å². The Bertz CT molecular complexity index is 1030. The van der Waals surface area contributed by atoms with Gasteiger partial charge in [0.1, 0.15) is 23.8 Å². The van der Waals surface area contributed by atoms with E-state index in [0.29, 0.717) is 24.0 Å². The van der Waals surface area contributed by atoms with Gasteiger partial charge in [0.25, 0.3) is 0 Å². The molecule has 9 heteroatoms. The van der Waals surface area contributed by atoms with Gasteiger partial charge in [-0.25, -0.2) is 28.1 Å². The molecular weight excluding hydrogens is 364 g/mol. The lowest BCUT2D eigenvalue weighted by molar-refractivity contribution is 0.583. The van der Waals surface area contributed by atoms with Crippen LogP contribution in [0.25, 0.3) is 5.82 Å². The lowest BCUT2D eigenvalue weighted by Crippen LogP contribution is -2.29. The summed E-state index contributed by atoms with van der Waals surface area (Å²) in [7, 11) is -3.51. The fourth-order valence-corrected chi connectivity index (χ4v) is 3.61. The molecule has 0 saturated heterocycles. The lowest BCUT2D eigenvalue weighted by Gasteiger charge is -2.11. The molecule has 1 aromatic carbocycles. The van der Waals surface area contributed by atoms with Gasteiger partial charge in [-0.15, -0.1) is 0 Å². The van der Waals surface area contributed by atoms with Crippen LogP contribution in [0.4, 0.5) is 5.82 Å². The molecule has 2 aromatic heterocycles. The van der Waals surface area contributed by atoms with Crippen molar-refractivity contribution in [2.75, 3.05) is 18.4 Å². The van der Waals surface area contributed by atoms with Crippen molar-refractivity contribution in [2.45, 2.75) is 25.7 Å². The van der Waals surface area contributed by atoms with Crippen molar-refractivity contribution in [1.29, 1.82) is 0 Å². The van der Waals surface area contributed by atoms with Gasteiger partial charge in [-0.2, -0.15) is 0 Å². The Hall–Kier alpha value is -2.78. The third-order valence-corrected chi connectivity index (χ3v) is 5.58. The predicted molar refractivity (Wildman–Crippen MR) is 103 cm³/mol. The molecule has 0 aliphatic rings. The normalized spacial score (nSPS) is 11.5. The van der Waals surface area contributed by atoms with Crippen LogP contribution in [0.1, 0.15) is 17.2 Å². The molecule has 3 aromatic rings. The van der Waals surface area contributed by atoms with E-state index in [0.717, 1.165) is 11.4 Å². The van der Waals surface area contributed by atoms with Crippen LogP contribution < -0.4 is 10.0 Å². The number of nitrogens with zero attached hydrogens (tertiary/aromatic N) is 4. The van der Waals surface area contributed by atoms with Crippen molar-refractivity contribution in [3.63, 3.8) is 0 Å². The summed E-state index contributed by atoms with van der Waals surface area (Å²) in [5, 5.41) is 3.13. The predicted octanol–water partition coefficient (Wildman–Crippen LogP) is 1.98. The fraction of sp³-hybridized carbons (Fsp3) is 0.278. The summed E-state index contributed by atoms with van der Waals surface area (Å²) < 4.78 is 28.9. The summed E-state index contributed by atoms with van der Waals surface area (Å²) >= 11 is 0. The second-order valence-corrected chi connectivity index (χ2v) is 7.85. The van der Waals surface area contributed by atoms with Crippen molar-refractivity contribution in [2.24, 2.45) is 0 Å². The van der Waals surface area contributed by atoms with E-state index in [1.807, 2.05) is 31.4 Å². The molecule has 27 heavy (non-hydrogen) atoms. The van der Waals surface area contributed by atoms with E-state index in [4.69, 9.17) is 0 Å². The van der Waals surface area contributed by atoms with E-state index in [1.54, 1.807) is 36.7 Å². The van der Waals surface area contributed by atoms with E-state index in [1.165, 1.54) is 0 Å². The molecule has 0 atom stereocenters. The Morgan fingerprint density at radius 3 is 2.44 bits per heavy atom. The highest BCUT2D eigenvalue weighted by Crippen LogP contribution is 2.15. The molecule has 0 aliphatic heterocycles. The van der Waals surface area contributed by atoms with Crippen molar-refractivity contribution in [3.05, 3.63) is 59.9 Å². The molecule has 2 heterocycles. The minimum atomic E-state index is -3.51. The van der Waals surface area contributed by atoms with Crippen LogP contribution in [-0.2, 0) is 10.0 Å². The molecular formula is C18H22N6O2S. The van der Waals surface area contributed by atoms with Gasteiger partial charge in [0, 0.05) is 24.8 Å². The Kier molecular flexibility index (Phi) is 5.52. The summed E-state index contributed by atoms with van der Waals surface area (Å²) in [6.07, 6.45) is 1.73. The quantitative estimate of drug-likeness (QED) is 0.602. The number of nitrogens with one attached hydrogen (secondary N) is 2. The van der Waals surface area contributed by atoms with Crippen LogP contribution >= 0.6 is 0 Å². The summed E-state index contributed by atoms with van der Waals surface area (Å²) in [5.41, 5.74) is 1.95. The lowest BCUT2D eigenvalue weighted by atomic mass is 10.3. The largest absolute Gasteiger partial charge is 0.369 e. The zero-order valence-electron chi connectivity index (χ0n) is 15.5. The summed E-state index contributed by atoms with van der Waals surface area (Å²) in [6.45, 7) is 6.36. The van der Waals surface area contributed by atoms with E-state index in [-0.39, 0.29) is 11.4 Å². The minimum Gasteiger partial charge on any atom is -0.369 e. The molecule has 0 unspecified atom stereocenters. The van der Waals surface area contributed by atoms with E-state index >= 15 is 0 Å². The second-order valence-electron chi connectivity index (χ2n) is 6.08. The first-order valence-corrected chi connectivity index (χ1v) is 10.0. The Morgan fingerprint density at radius 2 is 1.78 bits per heavy atom. The molecule has 0 fully saturated rings. The fourth-order valence-electron chi connectivity index (χ4n) is 2.55. The SMILES string of the molecule is Cc1nc(NCCNS(=O)(=O)c2ccccc2)cc(-n2cnc(C)c2C)n1. The number of aromatic nitrogens is 4. The molecule has 0 radical (unpaired) electrons. The Labute approximate surface area is 158 Å². The number of anilines is 1. The number of sulfonamides is 1. The second kappa shape index (κ2) is 7.85. The van der Waals surface area contributed by atoms with Crippen LogP contribution in [0.15, 0.2) is 47.6 Å². The van der Waals surface area contributed by atoms with Gasteiger partial charge in [-0.3, -0.25) is 4.57 Å². The Balaban J connectivity index is 1.64. The van der Waals surface area contributed by atoms with Crippen LogP contribution in [0.5, 0.6) is 0 Å². The molecule has 8 nitrogen and oxygen atoms in total. The summed E-state index contributed by atoms with van der Waals surface area (Å²) in [5.74, 6) is 1.96. The highest BCUT2D eigenvalue weighted by molar-refractivity contribution is 7.89. The number of benzene rings is 1. The smallest absolute Gasteiger partial charge is 0.240 e. The molecule has 3 rings (SSSR count). The third-order valence-electron chi connectivity index (χ3n) is 4.10. The van der Waals surface area contributed by atoms with Crippen LogP contribution in [0.2, 0.25) is 0 Å². The molecule has 0 bridgehead atoms. The van der Waals surface area contributed by atoms with Gasteiger partial charge in [-0.05, 0) is 32.9 Å². The highest BCUT2D eigenvalue weighted by Gasteiger charge is 2.12. The molecule has 142 valence electrons. The van der Waals surface area contributed by atoms with Crippen LogP contribution in [-0.4, -0.2) is 41.0 Å². The molecule has 0 spiro atoms. The van der Waals surface area contributed by atoms with E-state index < -0.39 is 10.0 Å². The van der Waals surface area contributed by atoms with Gasteiger partial charge in [0.15, 0.2) is 0 Å². The van der Waals surface area contributed by atoms with Gasteiger partial charge < -0.3 is 5.32 Å². The van der Waals surface area contributed by atoms with Crippen molar-refractivity contribution in [3.8, 4) is 5.82 Å². The maximum Gasteiger partial charge on any atom is 0.240 e. The minimum absolute atomic E-state index is 0.235. The van der Waals surface area contributed by atoms with Crippen molar-refractivity contribution < 1.29 is 8.42 Å². The highest BCUT2D eigenvalue weighted by atomic mass is 32.2. The Morgan fingerprint density at radius 1 is 1.04 bits per heavy atom. The first-order valence-electron chi connectivity index (χ1n) is 8.52. The molecule has 0 amide bonds. The van der Waals surface area contributed by atoms with Crippen molar-refractivity contribution >= 4 is 15.8 Å². The van der Waals surface area contributed by atoms with Crippen LogP contribution in [0.3, 0.4) is 0 Å². The number of rotatable bonds is 7. The third kappa shape index (κ3) is 4.50. The van der Waals surface area contributed by atoms with E-state index in [9.17, 15) is 8.42 Å². The summed E-state index contributed by atoms with van der Waals surface area (Å²) in [4.78, 5) is 13.3. The molecule has 0 aliphatic carbocycles. The van der Waals surface area contributed by atoms with Gasteiger partial charge in [0.2, 0.25) is 10.0 Å². The number of hydrogen-bond donors (Lipinski definition) is 2. The standard InChI is InChI=1S/C18H22N6O2S/c1-13-14(2)24(12-20-13)18-11-17(22-15(3)23-18)19-9-10-21-27(25,26)16-7-5-4-6-8-16/h4-8,11-12,21H,9-10H2,1-3H3,(H,19,22,23). The zero-order valence-corrected chi connectivity index (χ0v) is 16.3. The first-order chi connectivity index (χ1) is 12.9. The average molecular weight is 386 g/mol. The number of aryl methyl sites for hydroxylation is 2. The summed E-state index contributed by atoms with van der Waals surface area (Å²) in [6, 6.07) is 10.1. The number of imidazole rings is 1. The van der Waals surface area contributed by atoms with Crippen LogP contribution in [0, 0.1) is 20.8 Å². The number of hydrogen-bond acceptors (Lipinski definition) is 6. The molecule has 2 N–H and O–H groups in total. The maximum atomic E-state index is 12.2. The monoisotopic (exact) mass is 386 g/mol.